The van der Waals surface area contributed by atoms with E-state index < -0.39 is 0 Å². The third kappa shape index (κ3) is 2.67. The van der Waals surface area contributed by atoms with Crippen LogP contribution in [0.5, 0.6) is 5.88 Å². The van der Waals surface area contributed by atoms with Crippen molar-refractivity contribution in [3.63, 3.8) is 0 Å². The van der Waals surface area contributed by atoms with Gasteiger partial charge in [-0.15, -0.1) is 0 Å². The number of pyridine rings is 1. The molecule has 1 aromatic rings. The van der Waals surface area contributed by atoms with Crippen LogP contribution in [0.1, 0.15) is 25.7 Å². The summed E-state index contributed by atoms with van der Waals surface area (Å²) in [6, 6.07) is 4.34. The molecule has 1 aliphatic carbocycles. The highest BCUT2D eigenvalue weighted by molar-refractivity contribution is 5.52. The molecule has 5 heteroatoms. The van der Waals surface area contributed by atoms with Crippen LogP contribution >= 0.6 is 0 Å². The van der Waals surface area contributed by atoms with Crippen LogP contribution in [0.15, 0.2) is 18.3 Å². The molecular formula is C14H20N2O3. The molecule has 0 atom stereocenters. The number of hydrogen-bond acceptors (Lipinski definition) is 5. The largest absolute Gasteiger partial charge is 0.480 e. The lowest BCUT2D eigenvalue weighted by molar-refractivity contribution is -0.177. The van der Waals surface area contributed by atoms with Crippen molar-refractivity contribution in [1.29, 1.82) is 0 Å². The first-order chi connectivity index (χ1) is 9.31. The Balaban J connectivity index is 1.60. The van der Waals surface area contributed by atoms with E-state index in [1.807, 2.05) is 12.1 Å². The second-order valence-corrected chi connectivity index (χ2v) is 5.09. The third-order valence-corrected chi connectivity index (χ3v) is 3.89. The van der Waals surface area contributed by atoms with Crippen molar-refractivity contribution in [3.8, 4) is 5.88 Å². The monoisotopic (exact) mass is 264 g/mol. The first kappa shape index (κ1) is 12.7. The first-order valence-corrected chi connectivity index (χ1v) is 6.85. The topological polar surface area (TPSA) is 52.6 Å². The summed E-state index contributed by atoms with van der Waals surface area (Å²) >= 11 is 0. The summed E-state index contributed by atoms with van der Waals surface area (Å²) in [5, 5.41) is 3.51. The minimum absolute atomic E-state index is 0.294. The van der Waals surface area contributed by atoms with E-state index in [-0.39, 0.29) is 5.79 Å². The van der Waals surface area contributed by atoms with Crippen molar-refractivity contribution in [3.05, 3.63) is 18.3 Å². The maximum atomic E-state index is 5.74. The van der Waals surface area contributed by atoms with Gasteiger partial charge in [-0.2, -0.15) is 0 Å². The minimum atomic E-state index is -0.294. The molecule has 2 fully saturated rings. The molecule has 1 aromatic heterocycles. The van der Waals surface area contributed by atoms with E-state index in [0.717, 1.165) is 44.6 Å². The summed E-state index contributed by atoms with van der Waals surface area (Å²) < 4.78 is 16.7. The van der Waals surface area contributed by atoms with Gasteiger partial charge in [0, 0.05) is 25.1 Å². The lowest BCUT2D eigenvalue weighted by Crippen LogP contribution is -2.39. The van der Waals surface area contributed by atoms with E-state index in [9.17, 15) is 0 Å². The average molecular weight is 264 g/mol. The normalized spacial score (nSPS) is 22.6. The molecule has 0 amide bonds. The molecule has 1 spiro atoms. The first-order valence-electron chi connectivity index (χ1n) is 6.85. The maximum Gasteiger partial charge on any atom is 0.237 e. The Kier molecular flexibility index (Phi) is 3.57. The number of methoxy groups -OCH3 is 1. The Morgan fingerprint density at radius 3 is 2.74 bits per heavy atom. The summed E-state index contributed by atoms with van der Waals surface area (Å²) in [6.45, 7) is 1.46. The molecule has 5 nitrogen and oxygen atoms in total. The van der Waals surface area contributed by atoms with Crippen molar-refractivity contribution in [2.75, 3.05) is 25.6 Å². The standard InChI is InChI=1S/C14H20N2O3/c1-17-13-12(3-2-8-15-13)16-11-4-6-14(7-5-11)18-9-10-19-14/h2-3,8,11,16H,4-7,9-10H2,1H3. The zero-order chi connectivity index (χ0) is 13.1. The molecular weight excluding hydrogens is 244 g/mol. The highest BCUT2D eigenvalue weighted by Crippen LogP contribution is 2.37. The molecule has 1 N–H and O–H groups in total. The minimum Gasteiger partial charge on any atom is -0.480 e. The van der Waals surface area contributed by atoms with Crippen molar-refractivity contribution in [2.24, 2.45) is 0 Å². The predicted molar refractivity (Wildman–Crippen MR) is 71.3 cm³/mol. The van der Waals surface area contributed by atoms with E-state index in [0.29, 0.717) is 11.9 Å². The second-order valence-electron chi connectivity index (χ2n) is 5.09. The van der Waals surface area contributed by atoms with Crippen LogP contribution in [-0.4, -0.2) is 37.1 Å². The number of nitrogens with one attached hydrogen (secondary N) is 1. The van der Waals surface area contributed by atoms with Crippen molar-refractivity contribution < 1.29 is 14.2 Å². The fourth-order valence-electron chi connectivity index (χ4n) is 2.87. The molecule has 1 saturated heterocycles. The zero-order valence-electron chi connectivity index (χ0n) is 11.2. The van der Waals surface area contributed by atoms with Gasteiger partial charge in [-0.25, -0.2) is 4.98 Å². The van der Waals surface area contributed by atoms with Gasteiger partial charge in [-0.05, 0) is 25.0 Å². The van der Waals surface area contributed by atoms with Crippen LogP contribution in [-0.2, 0) is 9.47 Å². The van der Waals surface area contributed by atoms with Crippen LogP contribution in [0.2, 0.25) is 0 Å². The van der Waals surface area contributed by atoms with Crippen molar-refractivity contribution >= 4 is 5.69 Å². The molecule has 1 saturated carbocycles. The Morgan fingerprint density at radius 2 is 2.05 bits per heavy atom. The van der Waals surface area contributed by atoms with Gasteiger partial charge < -0.3 is 19.5 Å². The average Bonchev–Trinajstić information content (AvgIpc) is 2.91. The third-order valence-electron chi connectivity index (χ3n) is 3.89. The number of ether oxygens (including phenoxy) is 3. The number of rotatable bonds is 3. The molecule has 0 aromatic carbocycles. The molecule has 2 aliphatic rings. The molecule has 0 unspecified atom stereocenters. The zero-order valence-corrected chi connectivity index (χ0v) is 11.2. The Bertz CT molecular complexity index is 422. The van der Waals surface area contributed by atoms with E-state index in [1.54, 1.807) is 13.3 Å². The van der Waals surface area contributed by atoms with E-state index in [1.165, 1.54) is 0 Å². The summed E-state index contributed by atoms with van der Waals surface area (Å²) in [5.41, 5.74) is 0.958. The van der Waals surface area contributed by atoms with E-state index in [4.69, 9.17) is 14.2 Å². The molecule has 3 rings (SSSR count). The SMILES string of the molecule is COc1ncccc1NC1CCC2(CC1)OCCO2. The van der Waals surface area contributed by atoms with Gasteiger partial charge in [0.25, 0.3) is 0 Å². The lowest BCUT2D eigenvalue weighted by atomic mass is 9.90. The number of nitrogens with zero attached hydrogens (tertiary/aromatic N) is 1. The molecule has 19 heavy (non-hydrogen) atoms. The van der Waals surface area contributed by atoms with Crippen LogP contribution in [0.25, 0.3) is 0 Å². The Hall–Kier alpha value is -1.33. The van der Waals surface area contributed by atoms with Crippen LogP contribution in [0, 0.1) is 0 Å². The summed E-state index contributed by atoms with van der Waals surface area (Å²) in [6.07, 6.45) is 5.72. The van der Waals surface area contributed by atoms with Gasteiger partial charge in [0.1, 0.15) is 0 Å². The number of aromatic nitrogens is 1. The summed E-state index contributed by atoms with van der Waals surface area (Å²) in [7, 11) is 1.64. The van der Waals surface area contributed by atoms with Gasteiger partial charge in [-0.3, -0.25) is 0 Å². The predicted octanol–water partition coefficient (Wildman–Crippen LogP) is 2.19. The molecule has 0 radical (unpaired) electrons. The van der Waals surface area contributed by atoms with Crippen LogP contribution < -0.4 is 10.1 Å². The van der Waals surface area contributed by atoms with Crippen molar-refractivity contribution in [2.45, 2.75) is 37.5 Å². The molecule has 0 bridgehead atoms. The van der Waals surface area contributed by atoms with Gasteiger partial charge in [0.05, 0.1) is 26.0 Å². The molecule has 2 heterocycles. The van der Waals surface area contributed by atoms with E-state index >= 15 is 0 Å². The molecule has 1 aliphatic heterocycles. The van der Waals surface area contributed by atoms with Crippen LogP contribution in [0.3, 0.4) is 0 Å². The molecule has 104 valence electrons. The smallest absolute Gasteiger partial charge is 0.237 e. The fraction of sp³-hybridized carbons (Fsp3) is 0.643. The highest BCUT2D eigenvalue weighted by atomic mass is 16.7. The Morgan fingerprint density at radius 1 is 1.32 bits per heavy atom. The summed E-state index contributed by atoms with van der Waals surface area (Å²) in [4.78, 5) is 4.20. The van der Waals surface area contributed by atoms with Gasteiger partial charge >= 0.3 is 0 Å². The number of hydrogen-bond donors (Lipinski definition) is 1. The van der Waals surface area contributed by atoms with E-state index in [2.05, 4.69) is 10.3 Å². The maximum absolute atomic E-state index is 5.74. The second kappa shape index (κ2) is 5.35. The summed E-state index contributed by atoms with van der Waals surface area (Å²) in [5.74, 6) is 0.355. The Labute approximate surface area is 113 Å². The number of anilines is 1. The van der Waals surface area contributed by atoms with Gasteiger partial charge in [0.2, 0.25) is 5.88 Å². The highest BCUT2D eigenvalue weighted by Gasteiger charge is 2.40. The van der Waals surface area contributed by atoms with Crippen molar-refractivity contribution in [1.82, 2.24) is 4.98 Å². The quantitative estimate of drug-likeness (QED) is 0.907. The fourth-order valence-corrected chi connectivity index (χ4v) is 2.87. The van der Waals surface area contributed by atoms with Gasteiger partial charge in [0.15, 0.2) is 5.79 Å². The lowest BCUT2D eigenvalue weighted by Gasteiger charge is -2.36. The van der Waals surface area contributed by atoms with Gasteiger partial charge in [-0.1, -0.05) is 0 Å². The van der Waals surface area contributed by atoms with Crippen LogP contribution in [0.4, 0.5) is 5.69 Å².